The quantitative estimate of drug-likeness (QED) is 0.251. The van der Waals surface area contributed by atoms with Gasteiger partial charge in [-0.15, -0.1) is 10.2 Å². The Balaban J connectivity index is 1.08. The molecule has 1 fully saturated rings. The first-order chi connectivity index (χ1) is 21.0. The highest BCUT2D eigenvalue weighted by molar-refractivity contribution is 7.03. The molecule has 0 radical (unpaired) electrons. The third kappa shape index (κ3) is 5.37. The van der Waals surface area contributed by atoms with Crippen molar-refractivity contribution < 1.29 is 18.0 Å². The van der Waals surface area contributed by atoms with Crippen molar-refractivity contribution in [1.29, 1.82) is 0 Å². The highest BCUT2D eigenvalue weighted by Crippen LogP contribution is 2.30. The van der Waals surface area contributed by atoms with Gasteiger partial charge in [-0.2, -0.15) is 13.2 Å². The fraction of sp³-hybridized carbons (Fsp3) is 0.207. The molecule has 1 saturated heterocycles. The van der Waals surface area contributed by atoms with E-state index in [2.05, 4.69) is 34.7 Å². The summed E-state index contributed by atoms with van der Waals surface area (Å²) in [6, 6.07) is 20.0. The molecule has 1 aliphatic heterocycles. The van der Waals surface area contributed by atoms with Gasteiger partial charge in [0, 0.05) is 48.9 Å². The minimum absolute atomic E-state index is 0.178. The predicted octanol–water partition coefficient (Wildman–Crippen LogP) is 4.94. The van der Waals surface area contributed by atoms with Crippen molar-refractivity contribution in [2.24, 2.45) is 0 Å². The number of pyridine rings is 1. The summed E-state index contributed by atoms with van der Waals surface area (Å²) in [5, 5.41) is 13.3. The highest BCUT2D eigenvalue weighted by atomic mass is 32.1. The molecule has 1 atom stereocenters. The standard InChI is InChI=1S/C29H23F2N9O2S/c30-29(31)40-35-26(34-37-40)25(18-4-2-1-3-5-18)38-11-13-39(14-12-38)28(41)23-17-20(8-10-32-23)27-33-22-16-19(6-7-24(22)42-27)21-9-15-43-36-21/h1-10,15-17,25,29H,11-14H2/t25-/m1/s1. The molecule has 4 aromatic heterocycles. The van der Waals surface area contributed by atoms with Crippen molar-refractivity contribution in [3.8, 4) is 22.7 Å². The second-order valence-corrected chi connectivity index (χ2v) is 10.6. The monoisotopic (exact) mass is 599 g/mol. The summed E-state index contributed by atoms with van der Waals surface area (Å²) in [7, 11) is 0. The molecule has 216 valence electrons. The van der Waals surface area contributed by atoms with Crippen LogP contribution in [0.2, 0.25) is 0 Å². The van der Waals surface area contributed by atoms with Crippen molar-refractivity contribution >= 4 is 28.5 Å². The van der Waals surface area contributed by atoms with Crippen LogP contribution in [0.4, 0.5) is 8.78 Å². The Morgan fingerprint density at radius 2 is 1.79 bits per heavy atom. The van der Waals surface area contributed by atoms with Crippen LogP contribution in [0.3, 0.4) is 0 Å². The van der Waals surface area contributed by atoms with E-state index in [9.17, 15) is 13.6 Å². The molecule has 7 rings (SSSR count). The second kappa shape index (κ2) is 11.4. The van der Waals surface area contributed by atoms with Gasteiger partial charge in [0.1, 0.15) is 11.2 Å². The van der Waals surface area contributed by atoms with Crippen LogP contribution in [0.1, 0.15) is 34.5 Å². The number of carbonyl (C=O) groups excluding carboxylic acids is 1. The minimum Gasteiger partial charge on any atom is -0.436 e. The van der Waals surface area contributed by atoms with Gasteiger partial charge in [-0.25, -0.2) is 4.98 Å². The summed E-state index contributed by atoms with van der Waals surface area (Å²) in [6.07, 6.45) is 1.57. The van der Waals surface area contributed by atoms with E-state index in [0.29, 0.717) is 53.5 Å². The number of oxazole rings is 1. The number of benzene rings is 2. The average Bonchev–Trinajstić information content (AvgIpc) is 3.83. The zero-order valence-electron chi connectivity index (χ0n) is 22.5. The van der Waals surface area contributed by atoms with Gasteiger partial charge in [0.15, 0.2) is 11.4 Å². The first-order valence-electron chi connectivity index (χ1n) is 13.5. The summed E-state index contributed by atoms with van der Waals surface area (Å²) in [5.74, 6) is 0.348. The van der Waals surface area contributed by atoms with Crippen LogP contribution in [-0.2, 0) is 0 Å². The SMILES string of the molecule is O=C(c1cc(-c2nc3cc(-c4ccsn4)ccc3o2)ccn1)N1CCN([C@H](c2ccccc2)c2nnn(C(F)F)n2)CC1. The topological polar surface area (TPSA) is 119 Å². The van der Waals surface area contributed by atoms with Crippen LogP contribution in [-0.4, -0.2) is 76.4 Å². The Hall–Kier alpha value is -4.95. The summed E-state index contributed by atoms with van der Waals surface area (Å²) < 4.78 is 36.7. The Morgan fingerprint density at radius 1 is 0.953 bits per heavy atom. The molecule has 2 aromatic carbocycles. The van der Waals surface area contributed by atoms with Gasteiger partial charge >= 0.3 is 6.55 Å². The third-order valence-electron chi connectivity index (χ3n) is 7.29. The molecule has 5 heterocycles. The number of hydrogen-bond acceptors (Lipinski definition) is 10. The number of rotatable bonds is 7. The van der Waals surface area contributed by atoms with E-state index in [1.807, 2.05) is 60.0 Å². The van der Waals surface area contributed by atoms with E-state index in [4.69, 9.17) is 4.42 Å². The number of hydrogen-bond donors (Lipinski definition) is 0. The number of halogens is 2. The van der Waals surface area contributed by atoms with Crippen molar-refractivity contribution in [3.05, 3.63) is 95.4 Å². The second-order valence-electron chi connectivity index (χ2n) is 9.90. The van der Waals surface area contributed by atoms with Gasteiger partial charge in [-0.1, -0.05) is 35.1 Å². The fourth-order valence-corrected chi connectivity index (χ4v) is 5.72. The van der Waals surface area contributed by atoms with Crippen LogP contribution in [0.15, 0.2) is 82.7 Å². The number of tetrazole rings is 1. The largest absolute Gasteiger partial charge is 0.436 e. The highest BCUT2D eigenvalue weighted by Gasteiger charge is 2.32. The van der Waals surface area contributed by atoms with Gasteiger partial charge in [0.2, 0.25) is 5.89 Å². The molecular weight excluding hydrogens is 576 g/mol. The van der Waals surface area contributed by atoms with Crippen LogP contribution >= 0.6 is 11.5 Å². The third-order valence-corrected chi connectivity index (χ3v) is 7.85. The van der Waals surface area contributed by atoms with Crippen LogP contribution in [0.5, 0.6) is 0 Å². The van der Waals surface area contributed by atoms with E-state index >= 15 is 0 Å². The maximum absolute atomic E-state index is 13.5. The maximum atomic E-state index is 13.5. The lowest BCUT2D eigenvalue weighted by Crippen LogP contribution is -2.50. The molecule has 0 N–H and O–H groups in total. The van der Waals surface area contributed by atoms with Crippen LogP contribution in [0, 0.1) is 0 Å². The Bertz CT molecular complexity index is 1870. The van der Waals surface area contributed by atoms with Crippen molar-refractivity contribution in [2.75, 3.05) is 26.2 Å². The van der Waals surface area contributed by atoms with E-state index in [1.165, 1.54) is 11.5 Å². The molecule has 1 amide bonds. The molecule has 1 aliphatic rings. The molecule has 0 aliphatic carbocycles. The van der Waals surface area contributed by atoms with Crippen LogP contribution < -0.4 is 0 Å². The molecule has 0 unspecified atom stereocenters. The van der Waals surface area contributed by atoms with Crippen molar-refractivity contribution in [1.82, 2.24) is 44.3 Å². The van der Waals surface area contributed by atoms with Gasteiger partial charge in [-0.05, 0) is 58.7 Å². The number of nitrogens with zero attached hydrogens (tertiary/aromatic N) is 9. The Kier molecular flexibility index (Phi) is 7.12. The zero-order valence-corrected chi connectivity index (χ0v) is 23.3. The first kappa shape index (κ1) is 26.9. The number of amides is 1. The molecule has 11 nitrogen and oxygen atoms in total. The summed E-state index contributed by atoms with van der Waals surface area (Å²) in [6.45, 7) is -1.13. The van der Waals surface area contributed by atoms with E-state index < -0.39 is 12.6 Å². The Labute approximate surface area is 247 Å². The van der Waals surface area contributed by atoms with Gasteiger partial charge in [0.05, 0.1) is 11.7 Å². The molecular formula is C29H23F2N9O2S. The van der Waals surface area contributed by atoms with E-state index in [-0.39, 0.29) is 17.4 Å². The van der Waals surface area contributed by atoms with Gasteiger partial charge in [0.25, 0.3) is 5.91 Å². The van der Waals surface area contributed by atoms with Crippen molar-refractivity contribution in [3.63, 3.8) is 0 Å². The number of fused-ring (bicyclic) bond motifs is 1. The summed E-state index contributed by atoms with van der Waals surface area (Å²) >= 11 is 1.39. The maximum Gasteiger partial charge on any atom is 0.350 e. The molecule has 0 saturated carbocycles. The molecule has 43 heavy (non-hydrogen) atoms. The molecule has 0 bridgehead atoms. The normalized spacial score (nSPS) is 14.9. The summed E-state index contributed by atoms with van der Waals surface area (Å²) in [4.78, 5) is 26.6. The van der Waals surface area contributed by atoms with Crippen molar-refractivity contribution in [2.45, 2.75) is 12.6 Å². The lowest BCUT2D eigenvalue weighted by atomic mass is 10.0. The average molecular weight is 600 g/mol. The Morgan fingerprint density at radius 3 is 2.53 bits per heavy atom. The molecule has 14 heteroatoms. The molecule has 6 aromatic rings. The number of piperazine rings is 1. The first-order valence-corrected chi connectivity index (χ1v) is 14.3. The fourth-order valence-electron chi connectivity index (χ4n) is 5.18. The van der Waals surface area contributed by atoms with Gasteiger partial charge < -0.3 is 9.32 Å². The summed E-state index contributed by atoms with van der Waals surface area (Å²) in [5.41, 5.74) is 4.91. The lowest BCUT2D eigenvalue weighted by Gasteiger charge is -2.38. The predicted molar refractivity (Wildman–Crippen MR) is 153 cm³/mol. The number of alkyl halides is 2. The smallest absolute Gasteiger partial charge is 0.350 e. The van der Waals surface area contributed by atoms with E-state index in [1.54, 1.807) is 23.2 Å². The number of carbonyl (C=O) groups is 1. The molecule has 0 spiro atoms. The number of aromatic nitrogens is 7. The van der Waals surface area contributed by atoms with E-state index in [0.717, 1.165) is 16.8 Å². The lowest BCUT2D eigenvalue weighted by molar-refractivity contribution is 0.0385. The van der Waals surface area contributed by atoms with Gasteiger partial charge in [-0.3, -0.25) is 14.7 Å². The zero-order chi connectivity index (χ0) is 29.3. The minimum atomic E-state index is -2.88. The van der Waals surface area contributed by atoms with Crippen LogP contribution in [0.25, 0.3) is 33.8 Å².